The molecule has 2 aliphatic rings. The zero-order valence-electron chi connectivity index (χ0n) is 18.6. The van der Waals surface area contributed by atoms with Crippen molar-refractivity contribution in [2.45, 2.75) is 57.9 Å². The van der Waals surface area contributed by atoms with Crippen LogP contribution in [0, 0.1) is 5.95 Å². The van der Waals surface area contributed by atoms with E-state index in [1.165, 1.54) is 18.3 Å². The Kier molecular flexibility index (Phi) is 5.65. The first kappa shape index (κ1) is 21.3. The summed E-state index contributed by atoms with van der Waals surface area (Å²) >= 11 is 0. The Balaban J connectivity index is 1.40. The number of amides is 1. The molecule has 33 heavy (non-hydrogen) atoms. The molecule has 3 aromatic rings. The minimum absolute atomic E-state index is 0.184. The Bertz CT molecular complexity index is 1160. The maximum atomic E-state index is 13.1. The van der Waals surface area contributed by atoms with Crippen molar-refractivity contribution in [2.24, 2.45) is 0 Å². The summed E-state index contributed by atoms with van der Waals surface area (Å²) in [5.74, 6) is 1.25. The molecule has 1 amide bonds. The number of aryl methyl sites for hydroxylation is 1. The Morgan fingerprint density at radius 3 is 2.88 bits per heavy atom. The van der Waals surface area contributed by atoms with Crippen LogP contribution < -0.4 is 15.5 Å². The topological polar surface area (TPSA) is 109 Å². The lowest BCUT2D eigenvalue weighted by Crippen LogP contribution is -2.40. The molecule has 172 valence electrons. The van der Waals surface area contributed by atoms with Gasteiger partial charge in [0.2, 0.25) is 23.7 Å². The van der Waals surface area contributed by atoms with Gasteiger partial charge in [-0.3, -0.25) is 4.79 Å². The van der Waals surface area contributed by atoms with E-state index in [1.807, 2.05) is 11.0 Å². The molecule has 0 saturated carbocycles. The molecule has 0 bridgehead atoms. The summed E-state index contributed by atoms with van der Waals surface area (Å²) in [7, 11) is 0. The highest BCUT2D eigenvalue weighted by molar-refractivity contribution is 5.96. The zero-order chi connectivity index (χ0) is 22.9. The molecule has 0 spiro atoms. The van der Waals surface area contributed by atoms with Crippen molar-refractivity contribution >= 4 is 29.2 Å². The van der Waals surface area contributed by atoms with E-state index < -0.39 is 12.0 Å². The number of carbonyl (C=O) groups is 1. The van der Waals surface area contributed by atoms with E-state index in [2.05, 4.69) is 34.6 Å². The molecule has 3 aromatic heterocycles. The Morgan fingerprint density at radius 1 is 1.24 bits per heavy atom. The summed E-state index contributed by atoms with van der Waals surface area (Å²) in [6.45, 7) is 4.79. The second-order valence-corrected chi connectivity index (χ2v) is 8.76. The summed E-state index contributed by atoms with van der Waals surface area (Å²) in [6, 6.07) is 4.19. The smallest absolute Gasteiger partial charge is 0.247 e. The molecule has 1 unspecified atom stereocenters. The Morgan fingerprint density at radius 2 is 2.12 bits per heavy atom. The van der Waals surface area contributed by atoms with Crippen molar-refractivity contribution in [3.05, 3.63) is 47.3 Å². The highest BCUT2D eigenvalue weighted by Crippen LogP contribution is 2.33. The summed E-state index contributed by atoms with van der Waals surface area (Å²) in [5, 5.41) is 10.2. The third kappa shape index (κ3) is 4.37. The van der Waals surface area contributed by atoms with E-state index in [1.54, 1.807) is 0 Å². The number of hydrogen-bond acceptors (Lipinski definition) is 8. The van der Waals surface area contributed by atoms with Gasteiger partial charge in [-0.1, -0.05) is 19.0 Å². The molecule has 1 saturated heterocycles. The average Bonchev–Trinajstić information content (AvgIpc) is 3.55. The number of aromatic nitrogens is 4. The molecule has 9 nitrogen and oxygen atoms in total. The minimum atomic E-state index is -0.589. The molecule has 1 aliphatic carbocycles. The van der Waals surface area contributed by atoms with Gasteiger partial charge in [-0.15, -0.1) is 0 Å². The van der Waals surface area contributed by atoms with Gasteiger partial charge in [-0.25, -0.2) is 9.97 Å². The van der Waals surface area contributed by atoms with E-state index >= 15 is 0 Å². The number of anilines is 4. The standard InChI is InChI=1S/C23H26FN7O2/c1-13(2)17-11-20(33-30-17)28-21-15-5-3-6-16(15)27-23(29-21)31-10-4-7-18(31)22(32)26-14-8-9-19(24)25-12-14/h8-9,11-13,18H,3-7,10H2,1-2H3,(H,26,32)(H,27,28,29). The van der Waals surface area contributed by atoms with Crippen LogP contribution >= 0.6 is 0 Å². The number of halogens is 1. The lowest BCUT2D eigenvalue weighted by Gasteiger charge is -2.25. The fourth-order valence-corrected chi connectivity index (χ4v) is 4.34. The number of hydrogen-bond donors (Lipinski definition) is 2. The fourth-order valence-electron chi connectivity index (χ4n) is 4.34. The van der Waals surface area contributed by atoms with Gasteiger partial charge in [0, 0.05) is 18.2 Å². The van der Waals surface area contributed by atoms with Crippen LogP contribution in [0.25, 0.3) is 0 Å². The minimum Gasteiger partial charge on any atom is -0.338 e. The van der Waals surface area contributed by atoms with Crippen LogP contribution in [0.4, 0.5) is 27.7 Å². The van der Waals surface area contributed by atoms with E-state index in [0.717, 1.165) is 42.6 Å². The van der Waals surface area contributed by atoms with Crippen molar-refractivity contribution in [2.75, 3.05) is 22.1 Å². The van der Waals surface area contributed by atoms with Gasteiger partial charge in [0.05, 0.1) is 23.3 Å². The normalized spacial score (nSPS) is 17.5. The number of rotatable bonds is 6. The van der Waals surface area contributed by atoms with E-state index in [4.69, 9.17) is 14.5 Å². The first-order chi connectivity index (χ1) is 16.0. The van der Waals surface area contributed by atoms with Crippen molar-refractivity contribution in [3.8, 4) is 0 Å². The number of carbonyl (C=O) groups excluding carboxylic acids is 1. The Hall–Kier alpha value is -3.56. The molecule has 1 fully saturated rings. The molecule has 5 rings (SSSR count). The van der Waals surface area contributed by atoms with Crippen molar-refractivity contribution in [1.29, 1.82) is 0 Å². The lowest BCUT2D eigenvalue weighted by atomic mass is 10.1. The van der Waals surface area contributed by atoms with Gasteiger partial charge in [-0.2, -0.15) is 9.37 Å². The van der Waals surface area contributed by atoms with Gasteiger partial charge in [0.15, 0.2) is 0 Å². The summed E-state index contributed by atoms with van der Waals surface area (Å²) < 4.78 is 18.5. The highest BCUT2D eigenvalue weighted by atomic mass is 19.1. The zero-order valence-corrected chi connectivity index (χ0v) is 18.6. The number of nitrogens with zero attached hydrogens (tertiary/aromatic N) is 5. The number of pyridine rings is 1. The maximum absolute atomic E-state index is 13.1. The van der Waals surface area contributed by atoms with Crippen LogP contribution in [0.1, 0.15) is 56.0 Å². The molecule has 1 atom stereocenters. The van der Waals surface area contributed by atoms with Crippen molar-refractivity contribution < 1.29 is 13.7 Å². The van der Waals surface area contributed by atoms with Crippen LogP contribution in [0.15, 0.2) is 28.9 Å². The molecule has 4 heterocycles. The third-order valence-electron chi connectivity index (χ3n) is 6.09. The van der Waals surface area contributed by atoms with E-state index in [0.29, 0.717) is 36.3 Å². The summed E-state index contributed by atoms with van der Waals surface area (Å²) in [4.78, 5) is 28.1. The van der Waals surface area contributed by atoms with Gasteiger partial charge in [0.25, 0.3) is 0 Å². The van der Waals surface area contributed by atoms with Crippen LogP contribution in [0.3, 0.4) is 0 Å². The monoisotopic (exact) mass is 451 g/mol. The first-order valence-corrected chi connectivity index (χ1v) is 11.3. The van der Waals surface area contributed by atoms with Gasteiger partial charge >= 0.3 is 0 Å². The second-order valence-electron chi connectivity index (χ2n) is 8.76. The first-order valence-electron chi connectivity index (χ1n) is 11.3. The predicted molar refractivity (Wildman–Crippen MR) is 121 cm³/mol. The SMILES string of the molecule is CC(C)c1cc(Nc2nc(N3CCCC3C(=O)Nc3ccc(F)nc3)nc3c2CCC3)on1. The summed E-state index contributed by atoms with van der Waals surface area (Å²) in [6.07, 6.45) is 5.62. The third-order valence-corrected chi connectivity index (χ3v) is 6.09. The molecular weight excluding hydrogens is 425 g/mol. The maximum Gasteiger partial charge on any atom is 0.247 e. The predicted octanol–water partition coefficient (Wildman–Crippen LogP) is 3.96. The molecule has 0 aromatic carbocycles. The largest absolute Gasteiger partial charge is 0.338 e. The molecule has 1 aliphatic heterocycles. The number of fused-ring (bicyclic) bond motifs is 1. The van der Waals surface area contributed by atoms with E-state index in [-0.39, 0.29) is 11.8 Å². The molecule has 0 radical (unpaired) electrons. The van der Waals surface area contributed by atoms with Crippen LogP contribution in [-0.2, 0) is 17.6 Å². The Labute approximate surface area is 190 Å². The van der Waals surface area contributed by atoms with Crippen molar-refractivity contribution in [1.82, 2.24) is 20.1 Å². The molecular formula is C23H26FN7O2. The van der Waals surface area contributed by atoms with Crippen LogP contribution in [0.2, 0.25) is 0 Å². The fraction of sp³-hybridized carbons (Fsp3) is 0.435. The van der Waals surface area contributed by atoms with Crippen molar-refractivity contribution in [3.63, 3.8) is 0 Å². The quantitative estimate of drug-likeness (QED) is 0.542. The van der Waals surface area contributed by atoms with Gasteiger partial charge < -0.3 is 20.1 Å². The van der Waals surface area contributed by atoms with E-state index in [9.17, 15) is 9.18 Å². The number of nitrogens with one attached hydrogen (secondary N) is 2. The summed E-state index contributed by atoms with van der Waals surface area (Å²) in [5.41, 5.74) is 3.41. The van der Waals surface area contributed by atoms with Gasteiger partial charge in [-0.05, 0) is 50.2 Å². The molecule has 10 heteroatoms. The van der Waals surface area contributed by atoms with Gasteiger partial charge in [0.1, 0.15) is 11.9 Å². The highest BCUT2D eigenvalue weighted by Gasteiger charge is 2.34. The van der Waals surface area contributed by atoms with Crippen LogP contribution in [0.5, 0.6) is 0 Å². The second kappa shape index (κ2) is 8.76. The molecule has 2 N–H and O–H groups in total. The lowest BCUT2D eigenvalue weighted by molar-refractivity contribution is -0.117. The average molecular weight is 452 g/mol. The van der Waals surface area contributed by atoms with Crippen LogP contribution in [-0.4, -0.2) is 38.6 Å².